The molecule has 1 saturated carbocycles. The van der Waals surface area contributed by atoms with Gasteiger partial charge in [-0.3, -0.25) is 14.5 Å². The lowest BCUT2D eigenvalue weighted by atomic mass is 10.1. The number of carbonyl (C=O) groups excluding carboxylic acids is 3. The van der Waals surface area contributed by atoms with Crippen molar-refractivity contribution in [1.29, 1.82) is 0 Å². The number of piperazine rings is 1. The number of rotatable bonds is 6. The molecule has 0 radical (unpaired) electrons. The summed E-state index contributed by atoms with van der Waals surface area (Å²) in [5, 5.41) is 5.71. The van der Waals surface area contributed by atoms with Crippen molar-refractivity contribution in [2.45, 2.75) is 51.8 Å². The number of amides is 3. The molecule has 1 aromatic carbocycles. The van der Waals surface area contributed by atoms with Gasteiger partial charge >= 0.3 is 6.09 Å². The van der Waals surface area contributed by atoms with Crippen LogP contribution in [0.1, 0.15) is 49.5 Å². The van der Waals surface area contributed by atoms with Crippen molar-refractivity contribution < 1.29 is 19.1 Å². The van der Waals surface area contributed by atoms with E-state index < -0.39 is 11.7 Å². The van der Waals surface area contributed by atoms with Crippen molar-refractivity contribution in [1.82, 2.24) is 20.4 Å². The molecule has 164 valence electrons. The van der Waals surface area contributed by atoms with Gasteiger partial charge in [0.2, 0.25) is 5.91 Å². The Kier molecular flexibility index (Phi) is 6.97. The van der Waals surface area contributed by atoms with Gasteiger partial charge in [0.15, 0.2) is 0 Å². The van der Waals surface area contributed by atoms with Gasteiger partial charge in [0.25, 0.3) is 5.91 Å². The Labute approximate surface area is 177 Å². The Morgan fingerprint density at radius 1 is 1.03 bits per heavy atom. The van der Waals surface area contributed by atoms with Crippen molar-refractivity contribution in [3.63, 3.8) is 0 Å². The number of ether oxygens (including phenoxy) is 1. The molecule has 2 N–H and O–H groups in total. The summed E-state index contributed by atoms with van der Waals surface area (Å²) in [5.74, 6) is 0.0663. The van der Waals surface area contributed by atoms with E-state index in [1.165, 1.54) is 0 Å². The molecule has 0 bridgehead atoms. The maximum absolute atomic E-state index is 12.8. The van der Waals surface area contributed by atoms with E-state index in [0.717, 1.165) is 18.4 Å². The SMILES string of the molecule is CC(C)(C)OC(=O)NCc1ccc(C(=O)N2CCN(CC(=O)NC3CC3)CC2)cc1. The van der Waals surface area contributed by atoms with Crippen LogP contribution >= 0.6 is 0 Å². The van der Waals surface area contributed by atoms with E-state index in [-0.39, 0.29) is 11.8 Å². The zero-order valence-corrected chi connectivity index (χ0v) is 18.1. The highest BCUT2D eigenvalue weighted by Crippen LogP contribution is 2.18. The van der Waals surface area contributed by atoms with Crippen molar-refractivity contribution in [3.8, 4) is 0 Å². The van der Waals surface area contributed by atoms with Gasteiger partial charge in [0.1, 0.15) is 5.60 Å². The maximum atomic E-state index is 12.8. The Balaban J connectivity index is 1.42. The lowest BCUT2D eigenvalue weighted by molar-refractivity contribution is -0.122. The second-order valence-corrected chi connectivity index (χ2v) is 8.96. The lowest BCUT2D eigenvalue weighted by Crippen LogP contribution is -2.51. The van der Waals surface area contributed by atoms with Crippen LogP contribution in [0.2, 0.25) is 0 Å². The number of alkyl carbamates (subject to hydrolysis) is 1. The van der Waals surface area contributed by atoms with Crippen LogP contribution in [0.15, 0.2) is 24.3 Å². The predicted molar refractivity (Wildman–Crippen MR) is 113 cm³/mol. The Bertz CT molecular complexity index is 760. The highest BCUT2D eigenvalue weighted by atomic mass is 16.6. The van der Waals surface area contributed by atoms with Crippen LogP contribution in [0.3, 0.4) is 0 Å². The van der Waals surface area contributed by atoms with E-state index in [4.69, 9.17) is 4.74 Å². The molecule has 1 aliphatic heterocycles. The Morgan fingerprint density at radius 3 is 2.23 bits per heavy atom. The summed E-state index contributed by atoms with van der Waals surface area (Å²) < 4.78 is 5.22. The topological polar surface area (TPSA) is 91.0 Å². The normalized spacial score (nSPS) is 17.4. The number of benzene rings is 1. The minimum absolute atomic E-state index is 0.0104. The number of hydrogen-bond acceptors (Lipinski definition) is 5. The van der Waals surface area contributed by atoms with Crippen LogP contribution in [-0.4, -0.2) is 72.1 Å². The molecule has 3 amide bonds. The molecule has 30 heavy (non-hydrogen) atoms. The van der Waals surface area contributed by atoms with Gasteiger partial charge in [-0.15, -0.1) is 0 Å². The predicted octanol–water partition coefficient (Wildman–Crippen LogP) is 1.75. The highest BCUT2D eigenvalue weighted by Gasteiger charge is 2.26. The minimum atomic E-state index is -0.536. The fourth-order valence-corrected chi connectivity index (χ4v) is 3.25. The van der Waals surface area contributed by atoms with Gasteiger partial charge in [-0.1, -0.05) is 12.1 Å². The molecule has 2 aliphatic rings. The van der Waals surface area contributed by atoms with E-state index in [1.807, 2.05) is 37.8 Å². The van der Waals surface area contributed by atoms with Gasteiger partial charge in [0.05, 0.1) is 6.54 Å². The summed E-state index contributed by atoms with van der Waals surface area (Å²) in [4.78, 5) is 40.3. The van der Waals surface area contributed by atoms with Crippen LogP contribution < -0.4 is 10.6 Å². The molecule has 2 fully saturated rings. The monoisotopic (exact) mass is 416 g/mol. The van der Waals surface area contributed by atoms with Gasteiger partial charge in [-0.25, -0.2) is 4.79 Å². The average molecular weight is 417 g/mol. The molecule has 0 aromatic heterocycles. The third-order valence-corrected chi connectivity index (χ3v) is 5.01. The standard InChI is InChI=1S/C22H32N4O4/c1-22(2,3)30-21(29)23-14-16-4-6-17(7-5-16)20(28)26-12-10-25(11-13-26)15-19(27)24-18-8-9-18/h4-7,18H,8-15H2,1-3H3,(H,23,29)(H,24,27). The summed E-state index contributed by atoms with van der Waals surface area (Å²) in [6.45, 7) is 8.79. The van der Waals surface area contributed by atoms with E-state index in [0.29, 0.717) is 50.9 Å². The number of hydrogen-bond donors (Lipinski definition) is 2. The lowest BCUT2D eigenvalue weighted by Gasteiger charge is -2.34. The molecule has 3 rings (SSSR count). The molecule has 1 saturated heterocycles. The van der Waals surface area contributed by atoms with Crippen LogP contribution in [0, 0.1) is 0 Å². The zero-order valence-electron chi connectivity index (χ0n) is 18.1. The van der Waals surface area contributed by atoms with E-state index in [9.17, 15) is 14.4 Å². The Morgan fingerprint density at radius 2 is 1.67 bits per heavy atom. The molecule has 0 atom stereocenters. The summed E-state index contributed by atoms with van der Waals surface area (Å²) in [5.41, 5.74) is 0.977. The van der Waals surface area contributed by atoms with Gasteiger partial charge < -0.3 is 20.3 Å². The fraction of sp³-hybridized carbons (Fsp3) is 0.591. The van der Waals surface area contributed by atoms with Crippen LogP contribution in [0.4, 0.5) is 4.79 Å². The largest absolute Gasteiger partial charge is 0.444 e. The quantitative estimate of drug-likeness (QED) is 0.737. The minimum Gasteiger partial charge on any atom is -0.444 e. The molecule has 1 aromatic rings. The summed E-state index contributed by atoms with van der Waals surface area (Å²) in [7, 11) is 0. The van der Waals surface area contributed by atoms with Crippen molar-refractivity contribution in [2.75, 3.05) is 32.7 Å². The van der Waals surface area contributed by atoms with E-state index in [2.05, 4.69) is 15.5 Å². The smallest absolute Gasteiger partial charge is 0.407 e. The second-order valence-electron chi connectivity index (χ2n) is 8.96. The van der Waals surface area contributed by atoms with Crippen LogP contribution in [0.25, 0.3) is 0 Å². The first-order chi connectivity index (χ1) is 14.2. The maximum Gasteiger partial charge on any atom is 0.407 e. The van der Waals surface area contributed by atoms with Crippen molar-refractivity contribution in [2.24, 2.45) is 0 Å². The molecule has 0 unspecified atom stereocenters. The molecule has 1 heterocycles. The molecular weight excluding hydrogens is 384 g/mol. The first kappa shape index (κ1) is 22.1. The molecule has 0 spiro atoms. The van der Waals surface area contributed by atoms with Crippen molar-refractivity contribution in [3.05, 3.63) is 35.4 Å². The molecule has 8 nitrogen and oxygen atoms in total. The first-order valence-electron chi connectivity index (χ1n) is 10.6. The summed E-state index contributed by atoms with van der Waals surface area (Å²) in [6, 6.07) is 7.61. The van der Waals surface area contributed by atoms with Crippen LogP contribution in [-0.2, 0) is 16.1 Å². The van der Waals surface area contributed by atoms with Crippen molar-refractivity contribution >= 4 is 17.9 Å². The molecular formula is C22H32N4O4. The molecule has 8 heteroatoms. The Hall–Kier alpha value is -2.61. The number of nitrogens with one attached hydrogen (secondary N) is 2. The number of nitrogens with zero attached hydrogens (tertiary/aromatic N) is 2. The van der Waals surface area contributed by atoms with Gasteiger partial charge in [0, 0.05) is 44.3 Å². The van der Waals surface area contributed by atoms with E-state index in [1.54, 1.807) is 12.1 Å². The van der Waals surface area contributed by atoms with Gasteiger partial charge in [-0.05, 0) is 51.3 Å². The van der Waals surface area contributed by atoms with E-state index >= 15 is 0 Å². The third kappa shape index (κ3) is 7.02. The summed E-state index contributed by atoms with van der Waals surface area (Å²) >= 11 is 0. The first-order valence-corrected chi connectivity index (χ1v) is 10.6. The van der Waals surface area contributed by atoms with Crippen LogP contribution in [0.5, 0.6) is 0 Å². The number of carbonyl (C=O) groups is 3. The summed E-state index contributed by atoms with van der Waals surface area (Å²) in [6.07, 6.45) is 1.71. The fourth-order valence-electron chi connectivity index (χ4n) is 3.25. The van der Waals surface area contributed by atoms with Gasteiger partial charge in [-0.2, -0.15) is 0 Å². The zero-order chi connectivity index (χ0) is 21.7. The molecule has 1 aliphatic carbocycles. The second kappa shape index (κ2) is 9.47. The highest BCUT2D eigenvalue weighted by molar-refractivity contribution is 5.94. The average Bonchev–Trinajstić information content (AvgIpc) is 3.49. The third-order valence-electron chi connectivity index (χ3n) is 5.01.